The van der Waals surface area contributed by atoms with Crippen LogP contribution in [0.1, 0.15) is 68.9 Å². The Labute approximate surface area is 184 Å². The topological polar surface area (TPSA) is 108 Å². The summed E-state index contributed by atoms with van der Waals surface area (Å²) in [5.74, 6) is -0.314. The van der Waals surface area contributed by atoms with Crippen molar-refractivity contribution in [2.45, 2.75) is 64.5 Å². The molecule has 0 saturated carbocycles. The number of nitrogens with one attached hydrogen (secondary N) is 1. The summed E-state index contributed by atoms with van der Waals surface area (Å²) < 4.78 is 0. The lowest BCUT2D eigenvalue weighted by molar-refractivity contribution is 0.0783. The second kappa shape index (κ2) is 8.90. The molecule has 2 aromatic rings. The molecule has 0 aliphatic carbocycles. The SMILES string of the molecule is CC(C)(C)c1cc(N(NC(=O)c2cncnc2)N2CCC[C@H](N)C2)cc(C(C)(C)O)c1. The maximum atomic E-state index is 13.0. The Morgan fingerprint density at radius 2 is 1.81 bits per heavy atom. The van der Waals surface area contributed by atoms with Crippen LogP contribution >= 0.6 is 0 Å². The summed E-state index contributed by atoms with van der Waals surface area (Å²) in [5, 5.41) is 14.6. The summed E-state index contributed by atoms with van der Waals surface area (Å²) in [7, 11) is 0. The number of nitrogens with zero attached hydrogens (tertiary/aromatic N) is 4. The minimum Gasteiger partial charge on any atom is -0.386 e. The first-order chi connectivity index (χ1) is 14.4. The maximum absolute atomic E-state index is 13.0. The average molecular weight is 427 g/mol. The third kappa shape index (κ3) is 5.78. The number of benzene rings is 1. The van der Waals surface area contributed by atoms with Crippen molar-refractivity contribution in [3.8, 4) is 0 Å². The van der Waals surface area contributed by atoms with Crippen molar-refractivity contribution in [3.63, 3.8) is 0 Å². The molecule has 1 fully saturated rings. The van der Waals surface area contributed by atoms with E-state index in [1.807, 2.05) is 17.1 Å². The van der Waals surface area contributed by atoms with Crippen LogP contribution in [0.2, 0.25) is 0 Å². The molecular formula is C23H34N6O2. The Morgan fingerprint density at radius 1 is 1.16 bits per heavy atom. The van der Waals surface area contributed by atoms with E-state index in [1.54, 1.807) is 19.0 Å². The zero-order valence-corrected chi connectivity index (χ0v) is 19.1. The molecule has 168 valence electrons. The van der Waals surface area contributed by atoms with Gasteiger partial charge in [-0.3, -0.25) is 4.79 Å². The van der Waals surface area contributed by atoms with Gasteiger partial charge in [-0.15, -0.1) is 0 Å². The minimum absolute atomic E-state index is 0.0211. The van der Waals surface area contributed by atoms with Gasteiger partial charge in [0.15, 0.2) is 0 Å². The first kappa shape index (κ1) is 23.1. The molecule has 8 nitrogen and oxygen atoms in total. The van der Waals surface area contributed by atoms with Crippen LogP contribution in [-0.4, -0.2) is 45.1 Å². The summed E-state index contributed by atoms with van der Waals surface area (Å²) in [5.41, 5.74) is 11.0. The largest absolute Gasteiger partial charge is 0.386 e. The third-order valence-corrected chi connectivity index (χ3v) is 5.48. The van der Waals surface area contributed by atoms with Gasteiger partial charge in [-0.2, -0.15) is 0 Å². The highest BCUT2D eigenvalue weighted by Gasteiger charge is 2.28. The predicted octanol–water partition coefficient (Wildman–Crippen LogP) is 2.49. The number of nitrogens with two attached hydrogens (primary N) is 1. The summed E-state index contributed by atoms with van der Waals surface area (Å²) in [6, 6.07) is 6.01. The van der Waals surface area contributed by atoms with Crippen LogP contribution in [0.5, 0.6) is 0 Å². The van der Waals surface area contributed by atoms with Gasteiger partial charge in [-0.05, 0) is 55.4 Å². The summed E-state index contributed by atoms with van der Waals surface area (Å²) >= 11 is 0. The van der Waals surface area contributed by atoms with Gasteiger partial charge >= 0.3 is 0 Å². The van der Waals surface area contributed by atoms with E-state index in [-0.39, 0.29) is 17.4 Å². The van der Waals surface area contributed by atoms with Crippen molar-refractivity contribution >= 4 is 11.6 Å². The Kier molecular flexibility index (Phi) is 6.64. The van der Waals surface area contributed by atoms with E-state index in [1.165, 1.54) is 18.7 Å². The number of aliphatic hydroxyl groups is 1. The van der Waals surface area contributed by atoms with Crippen molar-refractivity contribution in [3.05, 3.63) is 53.6 Å². The highest BCUT2D eigenvalue weighted by molar-refractivity contribution is 5.94. The predicted molar refractivity (Wildman–Crippen MR) is 121 cm³/mol. The van der Waals surface area contributed by atoms with Gasteiger partial charge in [0.05, 0.1) is 16.9 Å². The standard InChI is InChI=1S/C23H34N6O2/c1-22(2,3)17-9-18(23(4,5)31)11-20(10-17)29(28-8-6-7-19(24)14-28)27-21(30)16-12-25-15-26-13-16/h9-13,15,19,31H,6-8,14,24H2,1-5H3,(H,27,30)/t19-/m0/s1. The highest BCUT2D eigenvalue weighted by Crippen LogP contribution is 2.33. The molecule has 2 heterocycles. The molecule has 1 aromatic heterocycles. The lowest BCUT2D eigenvalue weighted by Crippen LogP contribution is -2.58. The molecule has 1 atom stereocenters. The maximum Gasteiger partial charge on any atom is 0.274 e. The first-order valence-electron chi connectivity index (χ1n) is 10.7. The highest BCUT2D eigenvalue weighted by atomic mass is 16.3. The van der Waals surface area contributed by atoms with Crippen molar-refractivity contribution in [2.75, 3.05) is 18.2 Å². The van der Waals surface area contributed by atoms with Crippen LogP contribution in [0, 0.1) is 0 Å². The number of carbonyl (C=O) groups excluding carboxylic acids is 1. The fourth-order valence-corrected chi connectivity index (χ4v) is 3.57. The summed E-state index contributed by atoms with van der Waals surface area (Å²) in [4.78, 5) is 20.9. The molecule has 8 heteroatoms. The van der Waals surface area contributed by atoms with Crippen LogP contribution in [-0.2, 0) is 11.0 Å². The van der Waals surface area contributed by atoms with Crippen molar-refractivity contribution < 1.29 is 9.90 Å². The van der Waals surface area contributed by atoms with Gasteiger partial charge in [0.1, 0.15) is 6.33 Å². The zero-order chi connectivity index (χ0) is 22.8. The minimum atomic E-state index is -1.03. The van der Waals surface area contributed by atoms with E-state index in [0.717, 1.165) is 36.2 Å². The molecular weight excluding hydrogens is 392 g/mol. The molecule has 1 amide bonds. The van der Waals surface area contributed by atoms with Gasteiger partial charge in [-0.25, -0.2) is 25.5 Å². The molecule has 1 aromatic carbocycles. The van der Waals surface area contributed by atoms with E-state index in [4.69, 9.17) is 5.73 Å². The second-order valence-corrected chi connectivity index (χ2v) is 9.77. The number of amides is 1. The van der Waals surface area contributed by atoms with E-state index in [2.05, 4.69) is 42.2 Å². The van der Waals surface area contributed by atoms with E-state index >= 15 is 0 Å². The molecule has 31 heavy (non-hydrogen) atoms. The molecule has 3 rings (SSSR count). The molecule has 4 N–H and O–H groups in total. The van der Waals surface area contributed by atoms with Gasteiger partial charge in [0, 0.05) is 31.5 Å². The van der Waals surface area contributed by atoms with Gasteiger partial charge in [-0.1, -0.05) is 26.8 Å². The normalized spacial score (nSPS) is 18.0. The molecule has 1 aliphatic heterocycles. The monoisotopic (exact) mass is 426 g/mol. The fourth-order valence-electron chi connectivity index (χ4n) is 3.57. The lowest BCUT2D eigenvalue weighted by atomic mass is 9.83. The zero-order valence-electron chi connectivity index (χ0n) is 19.1. The van der Waals surface area contributed by atoms with Crippen LogP contribution in [0.4, 0.5) is 5.69 Å². The van der Waals surface area contributed by atoms with Crippen molar-refractivity contribution in [1.82, 2.24) is 20.4 Å². The number of anilines is 1. The van der Waals surface area contributed by atoms with Gasteiger partial charge in [0.2, 0.25) is 0 Å². The molecule has 1 saturated heterocycles. The molecule has 0 bridgehead atoms. The number of carbonyl (C=O) groups is 1. The molecule has 0 spiro atoms. The van der Waals surface area contributed by atoms with E-state index < -0.39 is 5.60 Å². The van der Waals surface area contributed by atoms with Crippen LogP contribution in [0.25, 0.3) is 0 Å². The number of rotatable bonds is 5. The van der Waals surface area contributed by atoms with Gasteiger partial charge < -0.3 is 10.8 Å². The quantitative estimate of drug-likeness (QED) is 0.631. The third-order valence-electron chi connectivity index (χ3n) is 5.48. The van der Waals surface area contributed by atoms with Crippen LogP contribution < -0.4 is 16.3 Å². The van der Waals surface area contributed by atoms with Gasteiger partial charge in [0.25, 0.3) is 5.91 Å². The second-order valence-electron chi connectivity index (χ2n) is 9.77. The first-order valence-corrected chi connectivity index (χ1v) is 10.7. The van der Waals surface area contributed by atoms with E-state index in [9.17, 15) is 9.90 Å². The van der Waals surface area contributed by atoms with Crippen LogP contribution in [0.15, 0.2) is 36.9 Å². The van der Waals surface area contributed by atoms with Crippen molar-refractivity contribution in [1.29, 1.82) is 0 Å². The Morgan fingerprint density at radius 3 is 2.39 bits per heavy atom. The average Bonchev–Trinajstić information content (AvgIpc) is 2.71. The summed E-state index contributed by atoms with van der Waals surface area (Å²) in [6.07, 6.45) is 6.23. The molecule has 0 radical (unpaired) electrons. The summed E-state index contributed by atoms with van der Waals surface area (Å²) in [6.45, 7) is 11.3. The van der Waals surface area contributed by atoms with Crippen molar-refractivity contribution in [2.24, 2.45) is 5.73 Å². The molecule has 1 aliphatic rings. The lowest BCUT2D eigenvalue weighted by Gasteiger charge is -2.41. The Hall–Kier alpha value is -2.55. The number of aromatic nitrogens is 2. The van der Waals surface area contributed by atoms with Crippen LogP contribution in [0.3, 0.4) is 0 Å². The fraction of sp³-hybridized carbons (Fsp3) is 0.522. The van der Waals surface area contributed by atoms with E-state index in [0.29, 0.717) is 12.1 Å². The Balaban J connectivity index is 2.06. The molecule has 0 unspecified atom stereocenters. The smallest absolute Gasteiger partial charge is 0.274 e. The number of hydrazine groups is 2. The number of hydrogen-bond donors (Lipinski definition) is 3. The number of piperidine rings is 1. The number of hydrogen-bond acceptors (Lipinski definition) is 7. The Bertz CT molecular complexity index is 872.